The van der Waals surface area contributed by atoms with Crippen LogP contribution < -0.4 is 19.9 Å². The fourth-order valence-corrected chi connectivity index (χ4v) is 6.34. The van der Waals surface area contributed by atoms with Gasteiger partial charge in [0.25, 0.3) is 0 Å². The molecule has 0 aliphatic carbocycles. The number of fused-ring (bicyclic) bond motifs is 1. The Morgan fingerprint density at radius 1 is 1.08 bits per heavy atom. The summed E-state index contributed by atoms with van der Waals surface area (Å²) in [4.78, 5) is 9.41. The van der Waals surface area contributed by atoms with Crippen molar-refractivity contribution in [1.82, 2.24) is 20.5 Å². The second kappa shape index (κ2) is 9.55. The summed E-state index contributed by atoms with van der Waals surface area (Å²) in [5.74, 6) is 1.57. The van der Waals surface area contributed by atoms with Crippen LogP contribution in [0.5, 0.6) is 5.88 Å². The van der Waals surface area contributed by atoms with E-state index in [1.54, 1.807) is 6.20 Å². The highest BCUT2D eigenvalue weighted by Gasteiger charge is 2.44. The van der Waals surface area contributed by atoms with Gasteiger partial charge >= 0.3 is 0 Å². The van der Waals surface area contributed by atoms with Crippen molar-refractivity contribution in [3.8, 4) is 11.9 Å². The minimum atomic E-state index is 0.234. The molecule has 2 aromatic heterocycles. The standard InChI is InChI=1S/C28H33N7O/c1-20-17-28(19-35(20)24-5-4-21(18-29)27-23(24)3-2-12-31-27)10-15-34(16-11-28)25-6-7-26(33-32-25)36-22-8-13-30-14-9-22/h2-7,12,20,22,30H,8-11,13-17,19H2,1H3/t20-/m0/s1. The van der Waals surface area contributed by atoms with Gasteiger partial charge in [-0.2, -0.15) is 5.26 Å². The van der Waals surface area contributed by atoms with Gasteiger partial charge in [-0.1, -0.05) is 0 Å². The van der Waals surface area contributed by atoms with Gasteiger partial charge in [-0.05, 0) is 87.9 Å². The molecule has 1 N–H and O–H groups in total. The normalized spacial score (nSPS) is 22.2. The van der Waals surface area contributed by atoms with Gasteiger partial charge in [0, 0.05) is 49.0 Å². The summed E-state index contributed by atoms with van der Waals surface area (Å²) in [5, 5.41) is 22.8. The average Bonchev–Trinajstić information content (AvgIpc) is 3.24. The van der Waals surface area contributed by atoms with E-state index >= 15 is 0 Å². The Balaban J connectivity index is 1.12. The minimum Gasteiger partial charge on any atom is -0.473 e. The van der Waals surface area contributed by atoms with E-state index in [1.807, 2.05) is 18.2 Å². The van der Waals surface area contributed by atoms with Crippen molar-refractivity contribution in [2.45, 2.75) is 51.2 Å². The molecule has 3 aliphatic rings. The van der Waals surface area contributed by atoms with Crippen molar-refractivity contribution < 1.29 is 4.74 Å². The number of aromatic nitrogens is 3. The van der Waals surface area contributed by atoms with Crippen LogP contribution in [0.25, 0.3) is 10.9 Å². The molecule has 0 bridgehead atoms. The van der Waals surface area contributed by atoms with Gasteiger partial charge in [0.15, 0.2) is 5.82 Å². The topological polar surface area (TPSA) is 90.2 Å². The molecule has 5 heterocycles. The maximum atomic E-state index is 9.52. The van der Waals surface area contributed by atoms with E-state index in [2.05, 4.69) is 61.5 Å². The Morgan fingerprint density at radius 3 is 2.67 bits per heavy atom. The number of hydrogen-bond donors (Lipinski definition) is 1. The lowest BCUT2D eigenvalue weighted by Gasteiger charge is -2.39. The molecule has 36 heavy (non-hydrogen) atoms. The van der Waals surface area contributed by atoms with Gasteiger partial charge in [-0.15, -0.1) is 10.2 Å². The Morgan fingerprint density at radius 2 is 1.92 bits per heavy atom. The zero-order valence-corrected chi connectivity index (χ0v) is 20.9. The van der Waals surface area contributed by atoms with E-state index in [1.165, 1.54) is 12.1 Å². The van der Waals surface area contributed by atoms with Crippen molar-refractivity contribution in [2.75, 3.05) is 42.5 Å². The molecule has 3 fully saturated rings. The molecule has 6 rings (SSSR count). The smallest absolute Gasteiger partial charge is 0.233 e. The molecule has 186 valence electrons. The number of nitrogens with zero attached hydrogens (tertiary/aromatic N) is 6. The highest BCUT2D eigenvalue weighted by atomic mass is 16.5. The van der Waals surface area contributed by atoms with Crippen LogP contribution >= 0.6 is 0 Å². The first kappa shape index (κ1) is 23.0. The Hall–Kier alpha value is -3.44. The number of ether oxygens (including phenoxy) is 1. The number of nitrogens with one attached hydrogen (secondary N) is 1. The lowest BCUT2D eigenvalue weighted by Crippen LogP contribution is -2.42. The molecule has 1 aromatic carbocycles. The van der Waals surface area contributed by atoms with Crippen LogP contribution in [0.4, 0.5) is 11.5 Å². The van der Waals surface area contributed by atoms with Gasteiger partial charge in [0.05, 0.1) is 11.1 Å². The van der Waals surface area contributed by atoms with Gasteiger partial charge in [-0.25, -0.2) is 0 Å². The van der Waals surface area contributed by atoms with E-state index in [-0.39, 0.29) is 6.10 Å². The molecule has 8 heteroatoms. The average molecular weight is 484 g/mol. The number of pyridine rings is 1. The molecule has 3 aromatic rings. The van der Waals surface area contributed by atoms with Crippen molar-refractivity contribution >= 4 is 22.4 Å². The summed E-state index contributed by atoms with van der Waals surface area (Å²) in [7, 11) is 0. The second-order valence-electron chi connectivity index (χ2n) is 10.6. The number of nitriles is 1. The molecule has 3 saturated heterocycles. The predicted molar refractivity (Wildman–Crippen MR) is 140 cm³/mol. The van der Waals surface area contributed by atoms with Crippen LogP contribution in [-0.2, 0) is 0 Å². The molecule has 3 aliphatic heterocycles. The molecule has 1 atom stereocenters. The maximum Gasteiger partial charge on any atom is 0.233 e. The third-order valence-corrected chi connectivity index (χ3v) is 8.29. The molecule has 0 radical (unpaired) electrons. The van der Waals surface area contributed by atoms with Crippen LogP contribution in [-0.4, -0.2) is 60.1 Å². The van der Waals surface area contributed by atoms with Crippen LogP contribution in [0.3, 0.4) is 0 Å². The van der Waals surface area contributed by atoms with Crippen molar-refractivity contribution in [1.29, 1.82) is 5.26 Å². The maximum absolute atomic E-state index is 9.52. The van der Waals surface area contributed by atoms with Crippen molar-refractivity contribution in [3.05, 3.63) is 48.2 Å². The number of hydrogen-bond acceptors (Lipinski definition) is 8. The van der Waals surface area contributed by atoms with E-state index in [4.69, 9.17) is 4.74 Å². The predicted octanol–water partition coefficient (Wildman–Crippen LogP) is 3.91. The third kappa shape index (κ3) is 4.33. The summed E-state index contributed by atoms with van der Waals surface area (Å²) >= 11 is 0. The van der Waals surface area contributed by atoms with Crippen LogP contribution in [0, 0.1) is 16.7 Å². The highest BCUT2D eigenvalue weighted by molar-refractivity contribution is 5.95. The third-order valence-electron chi connectivity index (χ3n) is 8.29. The SMILES string of the molecule is C[C@H]1CC2(CCN(c3ccc(OC4CCNCC4)nn3)CC2)CN1c1ccc(C#N)c2ncccc12. The molecule has 1 spiro atoms. The van der Waals surface area contributed by atoms with Gasteiger partial charge in [-0.3, -0.25) is 4.98 Å². The molecule has 8 nitrogen and oxygen atoms in total. The van der Waals surface area contributed by atoms with Gasteiger partial charge in [0.2, 0.25) is 5.88 Å². The minimum absolute atomic E-state index is 0.234. The van der Waals surface area contributed by atoms with E-state index < -0.39 is 0 Å². The first-order valence-electron chi connectivity index (χ1n) is 13.1. The van der Waals surface area contributed by atoms with E-state index in [9.17, 15) is 5.26 Å². The van der Waals surface area contributed by atoms with Crippen LogP contribution in [0.2, 0.25) is 0 Å². The number of anilines is 2. The van der Waals surface area contributed by atoms with Crippen molar-refractivity contribution in [2.24, 2.45) is 5.41 Å². The fourth-order valence-electron chi connectivity index (χ4n) is 6.34. The number of rotatable bonds is 4. The Labute approximate surface area is 212 Å². The Kier molecular flexibility index (Phi) is 6.10. The summed E-state index contributed by atoms with van der Waals surface area (Å²) in [5.41, 5.74) is 2.92. The van der Waals surface area contributed by atoms with E-state index in [0.717, 1.165) is 75.1 Å². The molecule has 0 unspecified atom stereocenters. The summed E-state index contributed by atoms with van der Waals surface area (Å²) in [6.07, 6.45) is 7.48. The summed E-state index contributed by atoms with van der Waals surface area (Å²) in [6.45, 7) is 7.33. The first-order valence-corrected chi connectivity index (χ1v) is 13.1. The molecule has 0 amide bonds. The first-order chi connectivity index (χ1) is 17.6. The van der Waals surface area contributed by atoms with Crippen LogP contribution in [0.15, 0.2) is 42.6 Å². The largest absolute Gasteiger partial charge is 0.473 e. The summed E-state index contributed by atoms with van der Waals surface area (Å²) < 4.78 is 6.02. The molecule has 0 saturated carbocycles. The Bertz CT molecular complexity index is 1260. The summed E-state index contributed by atoms with van der Waals surface area (Å²) in [6, 6.07) is 14.8. The van der Waals surface area contributed by atoms with E-state index in [0.29, 0.717) is 22.9 Å². The zero-order valence-electron chi connectivity index (χ0n) is 20.9. The monoisotopic (exact) mass is 483 g/mol. The molecular formula is C28H33N7O. The van der Waals surface area contributed by atoms with Gasteiger partial charge < -0.3 is 19.9 Å². The number of piperidine rings is 2. The highest BCUT2D eigenvalue weighted by Crippen LogP contribution is 2.46. The number of benzene rings is 1. The lowest BCUT2D eigenvalue weighted by atomic mass is 9.77. The van der Waals surface area contributed by atoms with Crippen molar-refractivity contribution in [3.63, 3.8) is 0 Å². The molecular weight excluding hydrogens is 450 g/mol. The van der Waals surface area contributed by atoms with Crippen LogP contribution in [0.1, 0.15) is 44.6 Å². The quantitative estimate of drug-likeness (QED) is 0.597. The second-order valence-corrected chi connectivity index (χ2v) is 10.6. The van der Waals surface area contributed by atoms with Gasteiger partial charge in [0.1, 0.15) is 12.2 Å². The zero-order chi connectivity index (χ0) is 24.5. The fraction of sp³-hybridized carbons (Fsp3) is 0.500. The lowest BCUT2D eigenvalue weighted by molar-refractivity contribution is 0.154.